The Morgan fingerprint density at radius 3 is 2.33 bits per heavy atom. The van der Waals surface area contributed by atoms with Crippen LogP contribution in [0, 0.1) is 0 Å². The topological polar surface area (TPSA) is 58.6 Å². The lowest BCUT2D eigenvalue weighted by molar-refractivity contribution is -0.163. The SMILES string of the molecule is COCCCN1C(=O)C2(CCCC2)NC(=O)C12CCCC2. The van der Waals surface area contributed by atoms with Crippen LogP contribution >= 0.6 is 0 Å². The van der Waals surface area contributed by atoms with Crippen molar-refractivity contribution in [3.63, 3.8) is 0 Å². The van der Waals surface area contributed by atoms with Crippen LogP contribution in [0.1, 0.15) is 57.8 Å². The Balaban J connectivity index is 1.87. The van der Waals surface area contributed by atoms with E-state index >= 15 is 0 Å². The van der Waals surface area contributed by atoms with Gasteiger partial charge in [0, 0.05) is 20.3 Å². The molecule has 3 fully saturated rings. The molecule has 0 bridgehead atoms. The van der Waals surface area contributed by atoms with Gasteiger partial charge in [0.1, 0.15) is 11.1 Å². The lowest BCUT2D eigenvalue weighted by Gasteiger charge is -2.50. The highest BCUT2D eigenvalue weighted by molar-refractivity contribution is 6.02. The molecule has 1 heterocycles. The summed E-state index contributed by atoms with van der Waals surface area (Å²) in [5.41, 5.74) is -1.17. The number of rotatable bonds is 4. The number of piperazine rings is 1. The molecule has 1 N–H and O–H groups in total. The predicted molar refractivity (Wildman–Crippen MR) is 78.7 cm³/mol. The molecule has 5 nitrogen and oxygen atoms in total. The van der Waals surface area contributed by atoms with Crippen LogP contribution in [0.5, 0.6) is 0 Å². The number of ether oxygens (including phenoxy) is 1. The minimum absolute atomic E-state index is 0.0962. The first-order valence-electron chi connectivity index (χ1n) is 8.28. The molecule has 5 heteroatoms. The standard InChI is InChI=1S/C16H26N2O3/c1-21-12-6-11-18-14(20)15(7-2-3-8-15)17-13(19)16(18)9-4-5-10-16/h2-12H2,1H3,(H,17,19). The average molecular weight is 294 g/mol. The highest BCUT2D eigenvalue weighted by Gasteiger charge is 2.59. The molecule has 0 aromatic carbocycles. The van der Waals surface area contributed by atoms with E-state index in [4.69, 9.17) is 4.74 Å². The van der Waals surface area contributed by atoms with Crippen molar-refractivity contribution in [1.82, 2.24) is 10.2 Å². The van der Waals surface area contributed by atoms with Crippen LogP contribution in [0.25, 0.3) is 0 Å². The Kier molecular flexibility index (Phi) is 3.95. The third kappa shape index (κ3) is 2.26. The lowest BCUT2D eigenvalue weighted by Crippen LogP contribution is -2.74. The molecule has 0 aromatic heterocycles. The smallest absolute Gasteiger partial charge is 0.249 e. The number of hydrogen-bond acceptors (Lipinski definition) is 3. The number of amides is 2. The zero-order chi connectivity index (χ0) is 14.9. The van der Waals surface area contributed by atoms with E-state index in [0.717, 1.165) is 57.8 Å². The largest absolute Gasteiger partial charge is 0.385 e. The summed E-state index contributed by atoms with van der Waals surface area (Å²) in [5.74, 6) is 0.261. The number of nitrogens with one attached hydrogen (secondary N) is 1. The number of hydrogen-bond donors (Lipinski definition) is 1. The van der Waals surface area contributed by atoms with E-state index in [1.54, 1.807) is 7.11 Å². The summed E-state index contributed by atoms with van der Waals surface area (Å²) in [5, 5.41) is 3.13. The van der Waals surface area contributed by atoms with Gasteiger partial charge in [0.15, 0.2) is 0 Å². The molecule has 2 spiro atoms. The van der Waals surface area contributed by atoms with Crippen LogP contribution in [0.4, 0.5) is 0 Å². The minimum atomic E-state index is -0.599. The van der Waals surface area contributed by atoms with Gasteiger partial charge in [0.2, 0.25) is 11.8 Å². The first kappa shape index (κ1) is 14.8. The van der Waals surface area contributed by atoms with E-state index in [9.17, 15) is 9.59 Å². The Bertz CT molecular complexity index is 423. The summed E-state index contributed by atoms with van der Waals surface area (Å²) in [6.45, 7) is 1.27. The van der Waals surface area contributed by atoms with Crippen LogP contribution in [-0.4, -0.2) is 48.1 Å². The Morgan fingerprint density at radius 2 is 1.71 bits per heavy atom. The summed E-state index contributed by atoms with van der Waals surface area (Å²) in [6, 6.07) is 0. The van der Waals surface area contributed by atoms with Gasteiger partial charge in [0.25, 0.3) is 0 Å². The molecule has 21 heavy (non-hydrogen) atoms. The first-order valence-corrected chi connectivity index (χ1v) is 8.28. The molecule has 0 radical (unpaired) electrons. The van der Waals surface area contributed by atoms with Gasteiger partial charge in [-0.3, -0.25) is 9.59 Å². The van der Waals surface area contributed by atoms with E-state index in [2.05, 4.69) is 5.32 Å². The zero-order valence-electron chi connectivity index (χ0n) is 13.0. The molecular formula is C16H26N2O3. The fraction of sp³-hybridized carbons (Fsp3) is 0.875. The monoisotopic (exact) mass is 294 g/mol. The third-order valence-electron chi connectivity index (χ3n) is 5.56. The maximum atomic E-state index is 13.1. The number of nitrogens with zero attached hydrogens (tertiary/aromatic N) is 1. The van der Waals surface area contributed by atoms with Crippen molar-refractivity contribution in [2.24, 2.45) is 0 Å². The molecule has 0 unspecified atom stereocenters. The second-order valence-corrected chi connectivity index (χ2v) is 6.79. The second-order valence-electron chi connectivity index (χ2n) is 6.79. The molecule has 118 valence electrons. The predicted octanol–water partition coefficient (Wildman–Crippen LogP) is 1.61. The Labute approximate surface area is 126 Å². The molecule has 2 aliphatic carbocycles. The molecule has 0 aromatic rings. The van der Waals surface area contributed by atoms with Crippen molar-refractivity contribution in [3.8, 4) is 0 Å². The fourth-order valence-corrected chi connectivity index (χ4v) is 4.42. The van der Waals surface area contributed by atoms with Crippen molar-refractivity contribution < 1.29 is 14.3 Å². The van der Waals surface area contributed by atoms with Crippen molar-refractivity contribution >= 4 is 11.8 Å². The van der Waals surface area contributed by atoms with Crippen LogP contribution in [0.15, 0.2) is 0 Å². The second kappa shape index (κ2) is 5.59. The summed E-state index contributed by atoms with van der Waals surface area (Å²) in [7, 11) is 1.68. The molecular weight excluding hydrogens is 268 g/mol. The number of carbonyl (C=O) groups excluding carboxylic acids is 2. The van der Waals surface area contributed by atoms with Gasteiger partial charge in [-0.25, -0.2) is 0 Å². The van der Waals surface area contributed by atoms with Gasteiger partial charge >= 0.3 is 0 Å². The van der Waals surface area contributed by atoms with Crippen molar-refractivity contribution in [2.45, 2.75) is 68.9 Å². The maximum Gasteiger partial charge on any atom is 0.249 e. The van der Waals surface area contributed by atoms with Crippen molar-refractivity contribution in [2.75, 3.05) is 20.3 Å². The molecule has 2 saturated carbocycles. The Hall–Kier alpha value is -1.10. The van der Waals surface area contributed by atoms with Gasteiger partial charge < -0.3 is 15.0 Å². The van der Waals surface area contributed by atoms with E-state index < -0.39 is 11.1 Å². The number of carbonyl (C=O) groups is 2. The van der Waals surface area contributed by atoms with Crippen molar-refractivity contribution in [3.05, 3.63) is 0 Å². The van der Waals surface area contributed by atoms with E-state index in [1.807, 2.05) is 4.90 Å². The minimum Gasteiger partial charge on any atom is -0.385 e. The van der Waals surface area contributed by atoms with Crippen LogP contribution < -0.4 is 5.32 Å². The summed E-state index contributed by atoms with van der Waals surface area (Å²) in [6.07, 6.45) is 8.16. The quantitative estimate of drug-likeness (QED) is 0.801. The molecule has 3 aliphatic rings. The van der Waals surface area contributed by atoms with Crippen LogP contribution in [-0.2, 0) is 14.3 Å². The van der Waals surface area contributed by atoms with E-state index in [-0.39, 0.29) is 11.8 Å². The molecule has 0 atom stereocenters. The van der Waals surface area contributed by atoms with Gasteiger partial charge in [-0.2, -0.15) is 0 Å². The summed E-state index contributed by atoms with van der Waals surface area (Å²) < 4.78 is 5.12. The summed E-state index contributed by atoms with van der Waals surface area (Å²) in [4.78, 5) is 27.9. The third-order valence-corrected chi connectivity index (χ3v) is 5.56. The van der Waals surface area contributed by atoms with E-state index in [0.29, 0.717) is 13.2 Å². The van der Waals surface area contributed by atoms with Gasteiger partial charge in [0.05, 0.1) is 0 Å². The Morgan fingerprint density at radius 1 is 1.10 bits per heavy atom. The molecule has 1 saturated heterocycles. The molecule has 2 amide bonds. The van der Waals surface area contributed by atoms with Crippen molar-refractivity contribution in [1.29, 1.82) is 0 Å². The maximum absolute atomic E-state index is 13.1. The molecule has 3 rings (SSSR count). The fourth-order valence-electron chi connectivity index (χ4n) is 4.42. The normalized spacial score (nSPS) is 26.8. The van der Waals surface area contributed by atoms with Gasteiger partial charge in [-0.1, -0.05) is 25.7 Å². The van der Waals surface area contributed by atoms with Gasteiger partial charge in [-0.15, -0.1) is 0 Å². The zero-order valence-corrected chi connectivity index (χ0v) is 13.0. The highest BCUT2D eigenvalue weighted by Crippen LogP contribution is 2.43. The molecule has 1 aliphatic heterocycles. The summed E-state index contributed by atoms with van der Waals surface area (Å²) >= 11 is 0. The average Bonchev–Trinajstić information content (AvgIpc) is 3.12. The number of methoxy groups -OCH3 is 1. The van der Waals surface area contributed by atoms with Crippen LogP contribution in [0.2, 0.25) is 0 Å². The first-order chi connectivity index (χ1) is 10.1. The van der Waals surface area contributed by atoms with Gasteiger partial charge in [-0.05, 0) is 32.1 Å². The lowest BCUT2D eigenvalue weighted by atomic mass is 9.82. The van der Waals surface area contributed by atoms with Crippen LogP contribution in [0.3, 0.4) is 0 Å². The highest BCUT2D eigenvalue weighted by atomic mass is 16.5. The van der Waals surface area contributed by atoms with E-state index in [1.165, 1.54) is 0 Å².